The van der Waals surface area contributed by atoms with Crippen LogP contribution in [0.25, 0.3) is 10.9 Å². The second-order valence-electron chi connectivity index (χ2n) is 4.93. The lowest BCUT2D eigenvalue weighted by Crippen LogP contribution is -2.15. The van der Waals surface area contributed by atoms with Gasteiger partial charge in [0.25, 0.3) is 5.56 Å². The van der Waals surface area contributed by atoms with E-state index < -0.39 is 0 Å². The van der Waals surface area contributed by atoms with Crippen molar-refractivity contribution in [2.24, 2.45) is 0 Å². The predicted molar refractivity (Wildman–Crippen MR) is 83.1 cm³/mol. The van der Waals surface area contributed by atoms with E-state index in [1.54, 1.807) is 0 Å². The van der Waals surface area contributed by atoms with Crippen molar-refractivity contribution in [2.75, 3.05) is 5.32 Å². The molecule has 0 radical (unpaired) electrons. The van der Waals surface area contributed by atoms with E-state index in [0.717, 1.165) is 27.7 Å². The maximum Gasteiger partial charge on any atom is 0.253 e. The van der Waals surface area contributed by atoms with Crippen molar-refractivity contribution in [3.05, 3.63) is 76.1 Å². The molecule has 0 saturated heterocycles. The molecular formula is C17H16N2O. The molecule has 100 valence electrons. The molecule has 0 unspecified atom stereocenters. The SMILES string of the molecule is Cc1ccc2cc(CNc3ccccc3)c(=O)[nH]c2c1. The Hall–Kier alpha value is -2.55. The molecule has 1 heterocycles. The lowest BCUT2D eigenvalue weighted by molar-refractivity contribution is 1.09. The molecule has 0 aliphatic heterocycles. The molecule has 0 aliphatic rings. The number of para-hydroxylation sites is 1. The first-order chi connectivity index (χ1) is 9.72. The number of aromatic nitrogens is 1. The maximum absolute atomic E-state index is 12.1. The monoisotopic (exact) mass is 264 g/mol. The number of aryl methyl sites for hydroxylation is 1. The summed E-state index contributed by atoms with van der Waals surface area (Å²) in [7, 11) is 0. The van der Waals surface area contributed by atoms with Gasteiger partial charge in [-0.25, -0.2) is 0 Å². The van der Waals surface area contributed by atoms with Crippen LogP contribution in [0.4, 0.5) is 5.69 Å². The van der Waals surface area contributed by atoms with Crippen LogP contribution in [0.15, 0.2) is 59.4 Å². The molecule has 3 heteroatoms. The van der Waals surface area contributed by atoms with E-state index in [-0.39, 0.29) is 5.56 Å². The van der Waals surface area contributed by atoms with Gasteiger partial charge in [0.1, 0.15) is 0 Å². The molecule has 3 nitrogen and oxygen atoms in total. The van der Waals surface area contributed by atoms with Gasteiger partial charge in [-0.2, -0.15) is 0 Å². The predicted octanol–water partition coefficient (Wildman–Crippen LogP) is 3.45. The molecule has 0 aliphatic carbocycles. The van der Waals surface area contributed by atoms with Crippen LogP contribution < -0.4 is 10.9 Å². The topological polar surface area (TPSA) is 44.9 Å². The fourth-order valence-corrected chi connectivity index (χ4v) is 2.24. The van der Waals surface area contributed by atoms with Crippen LogP contribution in [0.1, 0.15) is 11.1 Å². The average molecular weight is 264 g/mol. The first-order valence-corrected chi connectivity index (χ1v) is 6.64. The Labute approximate surface area is 117 Å². The van der Waals surface area contributed by atoms with Gasteiger partial charge < -0.3 is 10.3 Å². The molecule has 0 amide bonds. The fraction of sp³-hybridized carbons (Fsp3) is 0.118. The van der Waals surface area contributed by atoms with Crippen LogP contribution in [0.2, 0.25) is 0 Å². The zero-order valence-corrected chi connectivity index (χ0v) is 11.3. The van der Waals surface area contributed by atoms with Crippen molar-refractivity contribution in [3.63, 3.8) is 0 Å². The molecule has 3 aromatic rings. The highest BCUT2D eigenvalue weighted by Crippen LogP contribution is 2.14. The fourth-order valence-electron chi connectivity index (χ4n) is 2.24. The number of nitrogens with one attached hydrogen (secondary N) is 2. The summed E-state index contributed by atoms with van der Waals surface area (Å²) in [6.07, 6.45) is 0. The van der Waals surface area contributed by atoms with E-state index in [4.69, 9.17) is 0 Å². The Morgan fingerprint density at radius 1 is 1.05 bits per heavy atom. The maximum atomic E-state index is 12.1. The normalized spacial score (nSPS) is 10.7. The van der Waals surface area contributed by atoms with Gasteiger partial charge in [0.15, 0.2) is 0 Å². The number of benzene rings is 2. The van der Waals surface area contributed by atoms with Crippen LogP contribution in [-0.2, 0) is 6.54 Å². The summed E-state index contributed by atoms with van der Waals surface area (Å²) < 4.78 is 0. The summed E-state index contributed by atoms with van der Waals surface area (Å²) in [6.45, 7) is 2.53. The number of hydrogen-bond donors (Lipinski definition) is 2. The third-order valence-corrected chi connectivity index (χ3v) is 3.34. The van der Waals surface area contributed by atoms with E-state index in [9.17, 15) is 4.79 Å². The number of hydrogen-bond acceptors (Lipinski definition) is 2. The Morgan fingerprint density at radius 3 is 2.65 bits per heavy atom. The second kappa shape index (κ2) is 5.21. The average Bonchev–Trinajstić information content (AvgIpc) is 2.46. The van der Waals surface area contributed by atoms with Gasteiger partial charge >= 0.3 is 0 Å². The number of fused-ring (bicyclic) bond motifs is 1. The largest absolute Gasteiger partial charge is 0.381 e. The van der Waals surface area contributed by atoms with Gasteiger partial charge in [-0.1, -0.05) is 30.3 Å². The van der Waals surface area contributed by atoms with Gasteiger partial charge in [0, 0.05) is 23.3 Å². The Bertz CT molecular complexity index is 791. The summed E-state index contributed by atoms with van der Waals surface area (Å²) in [6, 6.07) is 17.9. The highest BCUT2D eigenvalue weighted by atomic mass is 16.1. The van der Waals surface area contributed by atoms with E-state index in [1.165, 1.54) is 0 Å². The minimum Gasteiger partial charge on any atom is -0.381 e. The van der Waals surface area contributed by atoms with Crippen LogP contribution in [0.5, 0.6) is 0 Å². The summed E-state index contributed by atoms with van der Waals surface area (Å²) >= 11 is 0. The molecule has 0 spiro atoms. The molecule has 1 aromatic heterocycles. The lowest BCUT2D eigenvalue weighted by Gasteiger charge is -2.07. The zero-order valence-electron chi connectivity index (χ0n) is 11.3. The number of rotatable bonds is 3. The van der Waals surface area contributed by atoms with E-state index in [2.05, 4.69) is 16.4 Å². The van der Waals surface area contributed by atoms with Crippen molar-refractivity contribution >= 4 is 16.6 Å². The van der Waals surface area contributed by atoms with Crippen LogP contribution in [0, 0.1) is 6.92 Å². The number of aromatic amines is 1. The van der Waals surface area contributed by atoms with E-state index in [1.807, 2.05) is 55.5 Å². The zero-order chi connectivity index (χ0) is 13.9. The Balaban J connectivity index is 1.90. The van der Waals surface area contributed by atoms with Crippen LogP contribution in [0.3, 0.4) is 0 Å². The summed E-state index contributed by atoms with van der Waals surface area (Å²) in [5.41, 5.74) is 3.74. The smallest absolute Gasteiger partial charge is 0.253 e. The third kappa shape index (κ3) is 2.57. The Kier molecular flexibility index (Phi) is 3.25. The molecule has 0 atom stereocenters. The van der Waals surface area contributed by atoms with Crippen molar-refractivity contribution in [2.45, 2.75) is 13.5 Å². The second-order valence-corrected chi connectivity index (χ2v) is 4.93. The highest BCUT2D eigenvalue weighted by Gasteiger charge is 2.03. The van der Waals surface area contributed by atoms with Gasteiger partial charge in [-0.15, -0.1) is 0 Å². The standard InChI is InChI=1S/C17H16N2O/c1-12-7-8-13-10-14(17(20)19-16(13)9-12)11-18-15-5-3-2-4-6-15/h2-10,18H,11H2,1H3,(H,19,20). The number of H-pyrrole nitrogens is 1. The summed E-state index contributed by atoms with van der Waals surface area (Å²) in [5.74, 6) is 0. The van der Waals surface area contributed by atoms with Crippen molar-refractivity contribution in [1.82, 2.24) is 4.98 Å². The minimum absolute atomic E-state index is 0.0356. The highest BCUT2D eigenvalue weighted by molar-refractivity contribution is 5.79. The molecular weight excluding hydrogens is 248 g/mol. The Morgan fingerprint density at radius 2 is 1.85 bits per heavy atom. The van der Waals surface area contributed by atoms with Crippen LogP contribution >= 0.6 is 0 Å². The van der Waals surface area contributed by atoms with Crippen LogP contribution in [-0.4, -0.2) is 4.98 Å². The molecule has 2 N–H and O–H groups in total. The van der Waals surface area contributed by atoms with Crippen molar-refractivity contribution < 1.29 is 0 Å². The molecule has 0 bridgehead atoms. The van der Waals surface area contributed by atoms with Gasteiger partial charge in [0.05, 0.1) is 0 Å². The van der Waals surface area contributed by atoms with E-state index >= 15 is 0 Å². The molecule has 3 rings (SSSR count). The molecule has 20 heavy (non-hydrogen) atoms. The molecule has 0 saturated carbocycles. The van der Waals surface area contributed by atoms with Crippen molar-refractivity contribution in [3.8, 4) is 0 Å². The molecule has 2 aromatic carbocycles. The summed E-state index contributed by atoms with van der Waals surface area (Å²) in [4.78, 5) is 15.0. The minimum atomic E-state index is -0.0356. The van der Waals surface area contributed by atoms with Gasteiger partial charge in [0.2, 0.25) is 0 Å². The number of pyridine rings is 1. The first-order valence-electron chi connectivity index (χ1n) is 6.64. The van der Waals surface area contributed by atoms with E-state index in [0.29, 0.717) is 6.54 Å². The quantitative estimate of drug-likeness (QED) is 0.761. The first kappa shape index (κ1) is 12.5. The van der Waals surface area contributed by atoms with Gasteiger partial charge in [-0.05, 0) is 42.1 Å². The molecule has 0 fully saturated rings. The van der Waals surface area contributed by atoms with Gasteiger partial charge in [-0.3, -0.25) is 4.79 Å². The lowest BCUT2D eigenvalue weighted by atomic mass is 10.1. The third-order valence-electron chi connectivity index (χ3n) is 3.34. The summed E-state index contributed by atoms with van der Waals surface area (Å²) in [5, 5.41) is 4.31. The number of anilines is 1. The van der Waals surface area contributed by atoms with Crippen molar-refractivity contribution in [1.29, 1.82) is 0 Å².